The van der Waals surface area contributed by atoms with Gasteiger partial charge in [-0.1, -0.05) is 0 Å². The van der Waals surface area contributed by atoms with Gasteiger partial charge in [0.15, 0.2) is 0 Å². The van der Waals surface area contributed by atoms with Crippen LogP contribution in [0.5, 0.6) is 5.75 Å². The molecule has 3 nitrogen and oxygen atoms in total. The van der Waals surface area contributed by atoms with Crippen LogP contribution >= 0.6 is 0 Å². The van der Waals surface area contributed by atoms with Gasteiger partial charge in [-0.15, -0.1) is 0 Å². The molecule has 0 amide bonds. The van der Waals surface area contributed by atoms with Gasteiger partial charge in [0.2, 0.25) is 0 Å². The van der Waals surface area contributed by atoms with Gasteiger partial charge in [-0.25, -0.2) is 0 Å². The van der Waals surface area contributed by atoms with Crippen molar-refractivity contribution >= 4 is 5.69 Å². The SMILES string of the molecule is [CH2-][NH+]1CCN(c2ccc(OC)cc2)CC1. The number of hydrogen-bond acceptors (Lipinski definition) is 2. The highest BCUT2D eigenvalue weighted by atomic mass is 16.5. The summed E-state index contributed by atoms with van der Waals surface area (Å²) in [4.78, 5) is 3.77. The van der Waals surface area contributed by atoms with Crippen LogP contribution in [0.4, 0.5) is 5.69 Å². The van der Waals surface area contributed by atoms with E-state index >= 15 is 0 Å². The monoisotopic (exact) mass is 206 g/mol. The molecule has 2 rings (SSSR count). The summed E-state index contributed by atoms with van der Waals surface area (Å²) in [6, 6.07) is 8.26. The van der Waals surface area contributed by atoms with Gasteiger partial charge in [-0.3, -0.25) is 0 Å². The molecule has 82 valence electrons. The van der Waals surface area contributed by atoms with E-state index in [-0.39, 0.29) is 0 Å². The van der Waals surface area contributed by atoms with Gasteiger partial charge in [0.05, 0.1) is 33.3 Å². The van der Waals surface area contributed by atoms with Crippen molar-refractivity contribution in [2.45, 2.75) is 0 Å². The molecular weight excluding hydrogens is 188 g/mol. The number of rotatable bonds is 2. The lowest BCUT2D eigenvalue weighted by atomic mass is 10.2. The lowest BCUT2D eigenvalue weighted by molar-refractivity contribution is -0.854. The molecule has 1 aliphatic rings. The molecule has 0 aromatic heterocycles. The van der Waals surface area contributed by atoms with Crippen molar-refractivity contribution in [3.05, 3.63) is 31.3 Å². The fourth-order valence-electron chi connectivity index (χ4n) is 1.87. The molecule has 0 radical (unpaired) electrons. The van der Waals surface area contributed by atoms with Crippen LogP contribution in [0.1, 0.15) is 0 Å². The summed E-state index contributed by atoms with van der Waals surface area (Å²) in [7, 11) is 5.72. The number of benzene rings is 1. The molecule has 1 saturated heterocycles. The Morgan fingerprint density at radius 1 is 1.20 bits per heavy atom. The Bertz CT molecular complexity index is 302. The summed E-state index contributed by atoms with van der Waals surface area (Å²) in [5.74, 6) is 0.917. The summed E-state index contributed by atoms with van der Waals surface area (Å²) >= 11 is 0. The number of anilines is 1. The van der Waals surface area contributed by atoms with Crippen molar-refractivity contribution in [3.63, 3.8) is 0 Å². The molecule has 3 heteroatoms. The molecule has 1 aromatic carbocycles. The zero-order chi connectivity index (χ0) is 10.7. The van der Waals surface area contributed by atoms with Crippen molar-refractivity contribution < 1.29 is 9.64 Å². The number of hydrogen-bond donors (Lipinski definition) is 1. The van der Waals surface area contributed by atoms with E-state index in [1.165, 1.54) is 10.6 Å². The quantitative estimate of drug-likeness (QED) is 0.696. The Balaban J connectivity index is 2.03. The largest absolute Gasteiger partial charge is 0.497 e. The first-order valence-corrected chi connectivity index (χ1v) is 5.35. The average Bonchev–Trinajstić information content (AvgIpc) is 2.30. The van der Waals surface area contributed by atoms with Crippen molar-refractivity contribution in [2.75, 3.05) is 38.2 Å². The number of ether oxygens (including phenoxy) is 1. The maximum Gasteiger partial charge on any atom is 0.119 e. The maximum absolute atomic E-state index is 5.14. The molecule has 0 unspecified atom stereocenters. The van der Waals surface area contributed by atoms with Gasteiger partial charge >= 0.3 is 0 Å². The molecule has 15 heavy (non-hydrogen) atoms. The second-order valence-corrected chi connectivity index (χ2v) is 3.94. The third-order valence-electron chi connectivity index (χ3n) is 2.91. The molecule has 1 aliphatic heterocycles. The summed E-state index contributed by atoms with van der Waals surface area (Å²) in [6.45, 7) is 4.41. The van der Waals surface area contributed by atoms with E-state index in [0.29, 0.717) is 0 Å². The Morgan fingerprint density at radius 2 is 1.80 bits per heavy atom. The highest BCUT2D eigenvalue weighted by Crippen LogP contribution is 2.18. The molecule has 1 N–H and O–H groups in total. The predicted molar refractivity (Wildman–Crippen MR) is 61.3 cm³/mol. The fourth-order valence-corrected chi connectivity index (χ4v) is 1.87. The first-order chi connectivity index (χ1) is 7.29. The number of methoxy groups -OCH3 is 1. The lowest BCUT2D eigenvalue weighted by Crippen LogP contribution is -3.10. The number of piperazine rings is 1. The molecule has 1 fully saturated rings. The Kier molecular flexibility index (Phi) is 3.11. The predicted octanol–water partition coefficient (Wildman–Crippen LogP) is 0.192. The first-order valence-electron chi connectivity index (χ1n) is 5.35. The molecular formula is C12H18N2O. The molecule has 1 heterocycles. The molecule has 0 bridgehead atoms. The van der Waals surface area contributed by atoms with Crippen LogP contribution in [0, 0.1) is 7.05 Å². The molecule has 0 atom stereocenters. The highest BCUT2D eigenvalue weighted by molar-refractivity contribution is 5.49. The second kappa shape index (κ2) is 4.53. The topological polar surface area (TPSA) is 16.9 Å². The second-order valence-electron chi connectivity index (χ2n) is 3.94. The fraction of sp³-hybridized carbons (Fsp3) is 0.417. The van der Waals surface area contributed by atoms with E-state index in [9.17, 15) is 0 Å². The van der Waals surface area contributed by atoms with Crippen LogP contribution in [-0.2, 0) is 0 Å². The van der Waals surface area contributed by atoms with Crippen molar-refractivity contribution in [2.24, 2.45) is 0 Å². The van der Waals surface area contributed by atoms with E-state index in [1.807, 2.05) is 12.1 Å². The van der Waals surface area contributed by atoms with Crippen LogP contribution in [0.15, 0.2) is 24.3 Å². The standard InChI is InChI=1S/C12H18N2O/c1-13-7-9-14(10-8-13)11-3-5-12(15-2)6-4-11/h3-6,13H,1,7-10H2,2H3. The van der Waals surface area contributed by atoms with Gasteiger partial charge in [-0.2, -0.15) is 7.05 Å². The summed E-state index contributed by atoms with van der Waals surface area (Å²) in [6.07, 6.45) is 0. The van der Waals surface area contributed by atoms with E-state index in [1.54, 1.807) is 7.11 Å². The molecule has 0 saturated carbocycles. The maximum atomic E-state index is 5.14. The van der Waals surface area contributed by atoms with E-state index in [2.05, 4.69) is 24.1 Å². The number of nitrogens with zero attached hydrogens (tertiary/aromatic N) is 1. The van der Waals surface area contributed by atoms with Gasteiger partial charge in [0.25, 0.3) is 0 Å². The Morgan fingerprint density at radius 3 is 2.33 bits per heavy atom. The van der Waals surface area contributed by atoms with Crippen LogP contribution in [0.2, 0.25) is 0 Å². The minimum Gasteiger partial charge on any atom is -0.497 e. The van der Waals surface area contributed by atoms with Gasteiger partial charge in [-0.05, 0) is 24.3 Å². The average molecular weight is 206 g/mol. The first kappa shape index (κ1) is 10.3. The molecule has 1 aromatic rings. The lowest BCUT2D eigenvalue weighted by Gasteiger charge is -2.35. The summed E-state index contributed by atoms with van der Waals surface area (Å²) in [5.41, 5.74) is 1.28. The van der Waals surface area contributed by atoms with Crippen molar-refractivity contribution in [1.29, 1.82) is 0 Å². The van der Waals surface area contributed by atoms with E-state index in [4.69, 9.17) is 4.74 Å². The van der Waals surface area contributed by atoms with Crippen molar-refractivity contribution in [3.8, 4) is 5.75 Å². The number of nitrogens with one attached hydrogen (secondary N) is 1. The van der Waals surface area contributed by atoms with E-state index in [0.717, 1.165) is 31.9 Å². The van der Waals surface area contributed by atoms with Crippen molar-refractivity contribution in [1.82, 2.24) is 0 Å². The third-order valence-corrected chi connectivity index (χ3v) is 2.91. The smallest absolute Gasteiger partial charge is 0.119 e. The normalized spacial score (nSPS) is 17.9. The van der Waals surface area contributed by atoms with Gasteiger partial charge in [0, 0.05) is 5.69 Å². The molecule has 0 spiro atoms. The summed E-state index contributed by atoms with van der Waals surface area (Å²) < 4.78 is 5.14. The zero-order valence-electron chi connectivity index (χ0n) is 9.20. The van der Waals surface area contributed by atoms with Crippen LogP contribution in [0.25, 0.3) is 0 Å². The Hall–Kier alpha value is -1.22. The summed E-state index contributed by atoms with van der Waals surface area (Å²) in [5, 5.41) is 0. The van der Waals surface area contributed by atoms with Crippen LogP contribution in [0.3, 0.4) is 0 Å². The van der Waals surface area contributed by atoms with Crippen LogP contribution in [-0.4, -0.2) is 33.3 Å². The van der Waals surface area contributed by atoms with E-state index < -0.39 is 0 Å². The third kappa shape index (κ3) is 2.42. The minimum atomic E-state index is 0.917. The minimum absolute atomic E-state index is 0.917. The Labute approximate surface area is 91.2 Å². The van der Waals surface area contributed by atoms with Gasteiger partial charge < -0.3 is 14.5 Å². The zero-order valence-corrected chi connectivity index (χ0v) is 9.20. The van der Waals surface area contributed by atoms with Crippen LogP contribution < -0.4 is 14.5 Å². The number of quaternary nitrogens is 1. The highest BCUT2D eigenvalue weighted by Gasteiger charge is 2.13. The van der Waals surface area contributed by atoms with Gasteiger partial charge in [0.1, 0.15) is 5.75 Å². The molecule has 0 aliphatic carbocycles.